The number of benzene rings is 3. The Hall–Kier alpha value is -2.41. The highest BCUT2D eigenvalue weighted by molar-refractivity contribution is 7.89. The number of fused-ring (bicyclic) bond motifs is 1. The van der Waals surface area contributed by atoms with Gasteiger partial charge >= 0.3 is 0 Å². The Morgan fingerprint density at radius 1 is 0.903 bits per heavy atom. The molecular weight excluding hydrogens is 463 g/mol. The average molecular weight is 480 g/mol. The van der Waals surface area contributed by atoms with Crippen LogP contribution in [0.1, 0.15) is 28.2 Å². The van der Waals surface area contributed by atoms with Gasteiger partial charge in [0.25, 0.3) is 0 Å². The van der Waals surface area contributed by atoms with E-state index in [0.717, 1.165) is 6.26 Å². The lowest BCUT2D eigenvalue weighted by Gasteiger charge is -2.20. The van der Waals surface area contributed by atoms with Crippen LogP contribution in [0.25, 0.3) is 10.9 Å². The summed E-state index contributed by atoms with van der Waals surface area (Å²) in [5, 5.41) is 1.13. The molecule has 0 aliphatic heterocycles. The minimum Gasteiger partial charge on any atom is -0.361 e. The first-order valence-corrected chi connectivity index (χ1v) is 12.1. The van der Waals surface area contributed by atoms with Gasteiger partial charge in [-0.3, -0.25) is 0 Å². The van der Waals surface area contributed by atoms with Gasteiger partial charge in [-0.25, -0.2) is 17.2 Å². The molecule has 0 bridgehead atoms. The topological polar surface area (TPSA) is 49.9 Å². The van der Waals surface area contributed by atoms with E-state index in [1.165, 1.54) is 24.3 Å². The van der Waals surface area contributed by atoms with E-state index in [9.17, 15) is 17.2 Å². The normalized spacial score (nSPS) is 12.1. The van der Waals surface area contributed by atoms with E-state index >= 15 is 0 Å². The quantitative estimate of drug-likeness (QED) is 0.356. The van der Waals surface area contributed by atoms with Crippen LogP contribution in [-0.4, -0.2) is 19.7 Å². The first-order valence-electron chi connectivity index (χ1n) is 9.30. The summed E-state index contributed by atoms with van der Waals surface area (Å²) in [7, 11) is -3.28. The van der Waals surface area contributed by atoms with Gasteiger partial charge in [0.05, 0.1) is 5.75 Å². The molecule has 1 aromatic heterocycles. The summed E-state index contributed by atoms with van der Waals surface area (Å²) >= 11 is 11.9. The number of rotatable bonds is 5. The van der Waals surface area contributed by atoms with E-state index < -0.39 is 27.4 Å². The smallest absolute Gasteiger partial charge is 0.151 e. The van der Waals surface area contributed by atoms with Gasteiger partial charge in [0.1, 0.15) is 11.6 Å². The van der Waals surface area contributed by atoms with E-state index in [4.69, 9.17) is 23.2 Å². The zero-order chi connectivity index (χ0) is 22.3. The first-order chi connectivity index (χ1) is 14.6. The lowest BCUT2D eigenvalue weighted by molar-refractivity contribution is 0.587. The molecule has 0 aliphatic rings. The van der Waals surface area contributed by atoms with Crippen molar-refractivity contribution in [2.75, 3.05) is 6.26 Å². The molecule has 4 rings (SSSR count). The minimum atomic E-state index is -3.28. The van der Waals surface area contributed by atoms with Crippen molar-refractivity contribution in [3.05, 3.63) is 105 Å². The number of hydrogen-bond acceptors (Lipinski definition) is 2. The van der Waals surface area contributed by atoms with Gasteiger partial charge in [-0.15, -0.1) is 0 Å². The summed E-state index contributed by atoms with van der Waals surface area (Å²) in [6, 6.07) is 13.7. The number of sulfone groups is 1. The highest BCUT2D eigenvalue weighted by Gasteiger charge is 2.26. The molecule has 1 N–H and O–H groups in total. The molecule has 160 valence electrons. The van der Waals surface area contributed by atoms with E-state index in [1.54, 1.807) is 36.5 Å². The minimum absolute atomic E-state index is 0.153. The van der Waals surface area contributed by atoms with Gasteiger partial charge in [-0.05, 0) is 46.5 Å². The standard InChI is InChI=1S/C23H17Cl2F2NO2S/c1-31(29,30)12-13-3-2-4-16-19(11-28-23(13)16)22(17-7-5-14(24)9-20(17)26)18-8-6-15(25)10-21(18)27/h2-11,22,28H,12H2,1H3. The fraction of sp³-hybridized carbons (Fsp3) is 0.130. The molecule has 0 fully saturated rings. The second-order valence-corrected chi connectivity index (χ2v) is 10.4. The Kier molecular flexibility index (Phi) is 5.81. The zero-order valence-electron chi connectivity index (χ0n) is 16.3. The van der Waals surface area contributed by atoms with Crippen molar-refractivity contribution in [1.29, 1.82) is 0 Å². The third kappa shape index (κ3) is 4.47. The average Bonchev–Trinajstić information content (AvgIpc) is 3.09. The van der Waals surface area contributed by atoms with Crippen LogP contribution in [0.2, 0.25) is 10.0 Å². The van der Waals surface area contributed by atoms with Crippen molar-refractivity contribution in [3.8, 4) is 0 Å². The Morgan fingerprint density at radius 3 is 2.00 bits per heavy atom. The number of nitrogens with one attached hydrogen (secondary N) is 1. The van der Waals surface area contributed by atoms with E-state index in [0.29, 0.717) is 22.0 Å². The number of aromatic amines is 1. The van der Waals surface area contributed by atoms with Crippen LogP contribution < -0.4 is 0 Å². The van der Waals surface area contributed by atoms with Crippen LogP contribution in [0.5, 0.6) is 0 Å². The largest absolute Gasteiger partial charge is 0.361 e. The number of aromatic nitrogens is 1. The third-order valence-corrected chi connectivity index (χ3v) is 6.42. The number of halogens is 4. The lowest BCUT2D eigenvalue weighted by atomic mass is 9.84. The van der Waals surface area contributed by atoms with E-state index in [-0.39, 0.29) is 26.9 Å². The van der Waals surface area contributed by atoms with Crippen molar-refractivity contribution < 1.29 is 17.2 Å². The fourth-order valence-corrected chi connectivity index (χ4v) is 4.98. The lowest BCUT2D eigenvalue weighted by Crippen LogP contribution is -2.08. The molecule has 0 aliphatic carbocycles. The molecule has 3 aromatic carbocycles. The van der Waals surface area contributed by atoms with E-state index in [2.05, 4.69) is 4.98 Å². The molecule has 31 heavy (non-hydrogen) atoms. The molecular formula is C23H17Cl2F2NO2S. The summed E-state index contributed by atoms with van der Waals surface area (Å²) in [5.74, 6) is -2.11. The van der Waals surface area contributed by atoms with Crippen molar-refractivity contribution in [2.24, 2.45) is 0 Å². The summed E-state index contributed by atoms with van der Waals surface area (Å²) in [5.41, 5.74) is 2.27. The van der Waals surface area contributed by atoms with Crippen molar-refractivity contribution in [3.63, 3.8) is 0 Å². The summed E-state index contributed by atoms with van der Waals surface area (Å²) in [6.45, 7) is 0. The number of H-pyrrole nitrogens is 1. The zero-order valence-corrected chi connectivity index (χ0v) is 18.6. The maximum atomic E-state index is 15.0. The molecule has 0 saturated heterocycles. The predicted molar refractivity (Wildman–Crippen MR) is 121 cm³/mol. The third-order valence-electron chi connectivity index (χ3n) is 5.11. The molecule has 8 heteroatoms. The molecule has 0 unspecified atom stereocenters. The molecule has 0 amide bonds. The van der Waals surface area contributed by atoms with Gasteiger partial charge in [0.2, 0.25) is 0 Å². The van der Waals surface area contributed by atoms with Crippen molar-refractivity contribution in [1.82, 2.24) is 4.98 Å². The molecule has 0 saturated carbocycles. The van der Waals surface area contributed by atoms with Gasteiger partial charge in [-0.1, -0.05) is 53.5 Å². The van der Waals surface area contributed by atoms with Crippen molar-refractivity contribution in [2.45, 2.75) is 11.7 Å². The molecule has 0 atom stereocenters. The molecule has 0 radical (unpaired) electrons. The van der Waals surface area contributed by atoms with E-state index in [1.807, 2.05) is 0 Å². The summed E-state index contributed by atoms with van der Waals surface area (Å²) in [4.78, 5) is 3.10. The van der Waals surface area contributed by atoms with Gasteiger partial charge in [-0.2, -0.15) is 0 Å². The highest BCUT2D eigenvalue weighted by Crippen LogP contribution is 2.40. The van der Waals surface area contributed by atoms with Crippen molar-refractivity contribution >= 4 is 43.9 Å². The van der Waals surface area contributed by atoms with Gasteiger partial charge < -0.3 is 4.98 Å². The van der Waals surface area contributed by atoms with Crippen LogP contribution in [0, 0.1) is 11.6 Å². The summed E-state index contributed by atoms with van der Waals surface area (Å²) < 4.78 is 53.6. The first kappa shape index (κ1) is 21.8. The molecule has 0 spiro atoms. The number of para-hydroxylation sites is 1. The molecule has 1 heterocycles. The number of hydrogen-bond donors (Lipinski definition) is 1. The van der Waals surface area contributed by atoms with Gasteiger partial charge in [0.15, 0.2) is 9.84 Å². The fourth-order valence-electron chi connectivity index (χ4n) is 3.85. The Balaban J connectivity index is 1.98. The van der Waals surface area contributed by atoms with Crippen LogP contribution in [0.15, 0.2) is 60.8 Å². The van der Waals surface area contributed by atoms with Crippen LogP contribution in [0.4, 0.5) is 8.78 Å². The predicted octanol–water partition coefficient (Wildman–Crippen LogP) is 6.48. The Labute approximate surface area is 188 Å². The molecule has 3 nitrogen and oxygen atoms in total. The Morgan fingerprint density at radius 2 is 1.48 bits per heavy atom. The summed E-state index contributed by atoms with van der Waals surface area (Å²) in [6.07, 6.45) is 2.81. The highest BCUT2D eigenvalue weighted by atomic mass is 35.5. The molecule has 4 aromatic rings. The van der Waals surface area contributed by atoms with Crippen LogP contribution in [0.3, 0.4) is 0 Å². The second-order valence-electron chi connectivity index (χ2n) is 7.42. The monoisotopic (exact) mass is 479 g/mol. The Bertz CT molecular complexity index is 1350. The van der Waals surface area contributed by atoms with Crippen LogP contribution >= 0.6 is 23.2 Å². The van der Waals surface area contributed by atoms with Crippen LogP contribution in [-0.2, 0) is 15.6 Å². The van der Waals surface area contributed by atoms with Gasteiger partial charge in [0, 0.05) is 39.3 Å². The SMILES string of the molecule is CS(=O)(=O)Cc1cccc2c(C(c3ccc(Cl)cc3F)c3ccc(Cl)cc3F)c[nH]c12. The maximum Gasteiger partial charge on any atom is 0.151 e. The second kappa shape index (κ2) is 8.26. The maximum absolute atomic E-state index is 15.0.